The highest BCUT2D eigenvalue weighted by Crippen LogP contribution is 2.29. The fourth-order valence-electron chi connectivity index (χ4n) is 4.36. The Morgan fingerprint density at radius 2 is 1.63 bits per heavy atom. The molecular weight excluding hydrogens is 572 g/mol. The smallest absolute Gasteiger partial charge is 0.273 e. The minimum atomic E-state index is -4.48. The van der Waals surface area contributed by atoms with Gasteiger partial charge >= 0.3 is 0 Å². The number of hydrogen-bond acceptors (Lipinski definition) is 7. The number of sulfonamides is 1. The van der Waals surface area contributed by atoms with Gasteiger partial charge in [0.1, 0.15) is 18.3 Å². The van der Waals surface area contributed by atoms with Crippen LogP contribution in [0.4, 0.5) is 11.4 Å². The van der Waals surface area contributed by atoms with Crippen LogP contribution in [0.5, 0.6) is 5.75 Å². The summed E-state index contributed by atoms with van der Waals surface area (Å²) >= 11 is 0. The topological polar surface area (TPSA) is 139 Å². The molecule has 0 aliphatic carbocycles. The predicted octanol–water partition coefficient (Wildman–Crippen LogP) is 4.61. The maximum atomic E-state index is 14.1. The van der Waals surface area contributed by atoms with E-state index >= 15 is 0 Å². The van der Waals surface area contributed by atoms with Gasteiger partial charge in [0, 0.05) is 24.7 Å². The quantitative estimate of drug-likeness (QED) is 0.220. The molecule has 0 saturated heterocycles. The molecule has 0 aliphatic heterocycles. The van der Waals surface area contributed by atoms with Crippen LogP contribution in [0.25, 0.3) is 0 Å². The number of anilines is 1. The van der Waals surface area contributed by atoms with Crippen LogP contribution < -0.4 is 14.4 Å². The molecule has 43 heavy (non-hydrogen) atoms. The number of nitro groups is 1. The van der Waals surface area contributed by atoms with Crippen LogP contribution >= 0.6 is 0 Å². The van der Waals surface area contributed by atoms with Crippen molar-refractivity contribution in [3.8, 4) is 5.75 Å². The van der Waals surface area contributed by atoms with Gasteiger partial charge in [-0.2, -0.15) is 0 Å². The lowest BCUT2D eigenvalue weighted by Gasteiger charge is -2.32. The molecule has 0 unspecified atom stereocenters. The number of aryl methyl sites for hydroxylation is 2. The van der Waals surface area contributed by atoms with Crippen molar-refractivity contribution in [3.05, 3.63) is 93.5 Å². The van der Waals surface area contributed by atoms with Crippen molar-refractivity contribution in [1.82, 2.24) is 10.2 Å². The van der Waals surface area contributed by atoms with Gasteiger partial charge in [0.25, 0.3) is 15.7 Å². The van der Waals surface area contributed by atoms with Crippen molar-refractivity contribution >= 4 is 33.2 Å². The predicted molar refractivity (Wildman–Crippen MR) is 164 cm³/mol. The Hall–Kier alpha value is -4.45. The summed E-state index contributed by atoms with van der Waals surface area (Å²) in [7, 11) is -3.02. The Morgan fingerprint density at radius 3 is 2.21 bits per heavy atom. The number of amides is 2. The Kier molecular flexibility index (Phi) is 10.9. The van der Waals surface area contributed by atoms with Crippen LogP contribution in [0, 0.1) is 29.9 Å². The summed E-state index contributed by atoms with van der Waals surface area (Å²) in [4.78, 5) is 39.1. The highest BCUT2D eigenvalue weighted by atomic mass is 32.2. The largest absolute Gasteiger partial charge is 0.497 e. The summed E-state index contributed by atoms with van der Waals surface area (Å²) in [6.45, 7) is 8.71. The van der Waals surface area contributed by atoms with E-state index in [0.29, 0.717) is 17.9 Å². The minimum absolute atomic E-state index is 0.0638. The summed E-state index contributed by atoms with van der Waals surface area (Å²) in [6.07, 6.45) is 0. The molecule has 230 valence electrons. The molecule has 0 aliphatic rings. The Labute approximate surface area is 252 Å². The van der Waals surface area contributed by atoms with E-state index in [0.717, 1.165) is 21.5 Å². The van der Waals surface area contributed by atoms with Crippen molar-refractivity contribution in [2.75, 3.05) is 24.5 Å². The van der Waals surface area contributed by atoms with Gasteiger partial charge in [0.05, 0.1) is 22.6 Å². The summed E-state index contributed by atoms with van der Waals surface area (Å²) in [6, 6.07) is 16.2. The number of benzene rings is 3. The number of nitrogens with zero attached hydrogens (tertiary/aromatic N) is 3. The summed E-state index contributed by atoms with van der Waals surface area (Å²) in [5.74, 6) is -0.346. The maximum Gasteiger partial charge on any atom is 0.273 e. The molecule has 1 atom stereocenters. The summed E-state index contributed by atoms with van der Waals surface area (Å²) < 4.78 is 34.2. The molecule has 0 fully saturated rings. The van der Waals surface area contributed by atoms with E-state index in [2.05, 4.69) is 5.32 Å². The van der Waals surface area contributed by atoms with Gasteiger partial charge in [0.2, 0.25) is 11.8 Å². The van der Waals surface area contributed by atoms with Crippen molar-refractivity contribution < 1.29 is 27.7 Å². The fraction of sp³-hybridized carbons (Fsp3) is 0.355. The average Bonchev–Trinajstić information content (AvgIpc) is 2.97. The minimum Gasteiger partial charge on any atom is -0.497 e. The van der Waals surface area contributed by atoms with E-state index in [1.165, 1.54) is 43.2 Å². The highest BCUT2D eigenvalue weighted by Gasteiger charge is 2.33. The second-order valence-corrected chi connectivity index (χ2v) is 12.5. The van der Waals surface area contributed by atoms with Crippen molar-refractivity contribution in [3.63, 3.8) is 0 Å². The van der Waals surface area contributed by atoms with Gasteiger partial charge < -0.3 is 15.0 Å². The Balaban J connectivity index is 2.09. The third kappa shape index (κ3) is 8.10. The standard InChI is InChI=1S/C31H38N4O7S/c1-21(2)18-32-31(37)24(5)33(19-25-10-8-7-9-22(25)3)30(36)20-34(26-12-14-27(42-6)15-13-26)43(40,41)28-16-11-23(4)29(17-28)35(38)39/h7-17,21,24H,18-20H2,1-6H3,(H,32,37)/t24-/m0/s1. The number of nitrogens with one attached hydrogen (secondary N) is 1. The third-order valence-corrected chi connectivity index (χ3v) is 8.83. The molecule has 2 amide bonds. The van der Waals surface area contributed by atoms with E-state index in [-0.39, 0.29) is 34.6 Å². The lowest BCUT2D eigenvalue weighted by atomic mass is 10.1. The molecular formula is C31H38N4O7S. The Bertz CT molecular complexity index is 1570. The van der Waals surface area contributed by atoms with E-state index in [1.54, 1.807) is 19.1 Å². The normalized spacial score (nSPS) is 12.0. The SMILES string of the molecule is COc1ccc(N(CC(=O)N(Cc2ccccc2C)[C@@H](C)C(=O)NCC(C)C)S(=O)(=O)c2ccc(C)c([N+](=O)[O-])c2)cc1. The van der Waals surface area contributed by atoms with Gasteiger partial charge in [0.15, 0.2) is 0 Å². The maximum absolute atomic E-state index is 14.1. The van der Waals surface area contributed by atoms with Gasteiger partial charge in [-0.3, -0.25) is 24.0 Å². The van der Waals surface area contributed by atoms with E-state index in [9.17, 15) is 28.1 Å². The molecule has 0 heterocycles. The molecule has 11 nitrogen and oxygen atoms in total. The first-order chi connectivity index (χ1) is 20.3. The number of hydrogen-bond donors (Lipinski definition) is 1. The van der Waals surface area contributed by atoms with Crippen molar-refractivity contribution in [2.45, 2.75) is 52.1 Å². The molecule has 0 aromatic heterocycles. The van der Waals surface area contributed by atoms with Crippen LogP contribution in [-0.2, 0) is 26.2 Å². The molecule has 0 bridgehead atoms. The molecule has 3 aromatic carbocycles. The van der Waals surface area contributed by atoms with Crippen LogP contribution in [0.1, 0.15) is 37.5 Å². The number of methoxy groups -OCH3 is 1. The zero-order valence-electron chi connectivity index (χ0n) is 25.2. The number of rotatable bonds is 13. The molecule has 0 saturated carbocycles. The first-order valence-corrected chi connectivity index (χ1v) is 15.2. The zero-order valence-corrected chi connectivity index (χ0v) is 26.1. The number of ether oxygens (including phenoxy) is 1. The molecule has 0 spiro atoms. The molecule has 12 heteroatoms. The lowest BCUT2D eigenvalue weighted by Crippen LogP contribution is -2.51. The summed E-state index contributed by atoms with van der Waals surface area (Å²) in [5, 5.41) is 14.4. The number of carbonyl (C=O) groups excluding carboxylic acids is 2. The third-order valence-electron chi connectivity index (χ3n) is 7.06. The monoisotopic (exact) mass is 610 g/mol. The van der Waals surface area contributed by atoms with Crippen molar-refractivity contribution in [1.29, 1.82) is 0 Å². The second-order valence-electron chi connectivity index (χ2n) is 10.7. The lowest BCUT2D eigenvalue weighted by molar-refractivity contribution is -0.385. The number of nitro benzene ring substituents is 1. The highest BCUT2D eigenvalue weighted by molar-refractivity contribution is 7.92. The molecule has 3 aromatic rings. The van der Waals surface area contributed by atoms with Gasteiger partial charge in [-0.1, -0.05) is 44.2 Å². The fourth-order valence-corrected chi connectivity index (χ4v) is 5.79. The first-order valence-electron chi connectivity index (χ1n) is 13.8. The molecule has 3 rings (SSSR count). The van der Waals surface area contributed by atoms with Crippen LogP contribution in [0.3, 0.4) is 0 Å². The van der Waals surface area contributed by atoms with Gasteiger partial charge in [-0.05, 0) is 68.1 Å². The van der Waals surface area contributed by atoms with Crippen LogP contribution in [-0.4, -0.2) is 56.3 Å². The van der Waals surface area contributed by atoms with E-state index < -0.39 is 33.4 Å². The second kappa shape index (κ2) is 14.1. The first kappa shape index (κ1) is 33.1. The molecule has 0 radical (unpaired) electrons. The van der Waals surface area contributed by atoms with E-state index in [1.807, 2.05) is 45.0 Å². The van der Waals surface area contributed by atoms with Gasteiger partial charge in [-0.25, -0.2) is 8.42 Å². The van der Waals surface area contributed by atoms with Crippen LogP contribution in [0.15, 0.2) is 71.6 Å². The average molecular weight is 611 g/mol. The summed E-state index contributed by atoms with van der Waals surface area (Å²) in [5.41, 5.74) is 1.78. The Morgan fingerprint density at radius 1 is 0.977 bits per heavy atom. The van der Waals surface area contributed by atoms with Crippen molar-refractivity contribution in [2.24, 2.45) is 5.92 Å². The number of carbonyl (C=O) groups is 2. The zero-order chi connectivity index (χ0) is 31.9. The van der Waals surface area contributed by atoms with E-state index in [4.69, 9.17) is 4.74 Å². The van der Waals surface area contributed by atoms with Gasteiger partial charge in [-0.15, -0.1) is 0 Å². The molecule has 1 N–H and O–H groups in total. The van der Waals surface area contributed by atoms with Crippen LogP contribution in [0.2, 0.25) is 0 Å².